The minimum Gasteiger partial charge on any atom is -0.262 e. The minimum absolute atomic E-state index is 0.106. The first-order chi connectivity index (χ1) is 12.4. The molecule has 26 heavy (non-hydrogen) atoms. The fraction of sp³-hybridized carbons (Fsp3) is 0.100. The number of rotatable bonds is 5. The van der Waals surface area contributed by atoms with E-state index >= 15 is 0 Å². The molecule has 3 aromatic rings. The zero-order valence-corrected chi connectivity index (χ0v) is 15.6. The number of aryl methyl sites for hydroxylation is 1. The number of anilines is 1. The number of hydrogen-bond donors (Lipinski definition) is 0. The Bertz CT molecular complexity index is 1040. The van der Waals surface area contributed by atoms with Crippen LogP contribution in [0.5, 0.6) is 0 Å². The Hall–Kier alpha value is -2.37. The lowest BCUT2D eigenvalue weighted by Crippen LogP contribution is -2.30. The van der Waals surface area contributed by atoms with Gasteiger partial charge in [0.2, 0.25) is 0 Å². The molecule has 0 spiro atoms. The Labute approximate surface area is 157 Å². The van der Waals surface area contributed by atoms with E-state index in [2.05, 4.69) is 0 Å². The van der Waals surface area contributed by atoms with Gasteiger partial charge in [0.25, 0.3) is 10.0 Å². The van der Waals surface area contributed by atoms with Crippen LogP contribution in [0.3, 0.4) is 0 Å². The van der Waals surface area contributed by atoms with Crippen LogP contribution in [-0.2, 0) is 16.6 Å². The second-order valence-electron chi connectivity index (χ2n) is 5.94. The Morgan fingerprint density at radius 2 is 1.69 bits per heavy atom. The van der Waals surface area contributed by atoms with E-state index in [0.717, 1.165) is 17.2 Å². The van der Waals surface area contributed by atoms with E-state index in [9.17, 15) is 12.8 Å². The summed E-state index contributed by atoms with van der Waals surface area (Å²) in [5.74, 6) is -0.604. The molecule has 134 valence electrons. The van der Waals surface area contributed by atoms with Gasteiger partial charge in [0, 0.05) is 5.02 Å². The van der Waals surface area contributed by atoms with Crippen LogP contribution >= 0.6 is 11.6 Å². The minimum atomic E-state index is -3.97. The maximum absolute atomic E-state index is 13.6. The van der Waals surface area contributed by atoms with Crippen molar-refractivity contribution in [3.8, 4) is 0 Å². The van der Waals surface area contributed by atoms with Crippen molar-refractivity contribution in [3.05, 3.63) is 94.8 Å². The van der Waals surface area contributed by atoms with E-state index < -0.39 is 15.8 Å². The molecule has 0 radical (unpaired) electrons. The van der Waals surface area contributed by atoms with Gasteiger partial charge in [-0.05, 0) is 48.9 Å². The molecule has 0 aromatic heterocycles. The van der Waals surface area contributed by atoms with E-state index in [1.165, 1.54) is 22.5 Å². The molecule has 0 saturated carbocycles. The SMILES string of the molecule is Cc1cccc(CN(c2cccc(Cl)c2)S(=O)(=O)c2cccc(F)c2)c1. The van der Waals surface area contributed by atoms with Gasteiger partial charge in [-0.15, -0.1) is 0 Å². The molecule has 3 nitrogen and oxygen atoms in total. The van der Waals surface area contributed by atoms with Crippen LogP contribution in [0.15, 0.2) is 77.7 Å². The molecule has 0 atom stereocenters. The molecule has 0 unspecified atom stereocenters. The van der Waals surface area contributed by atoms with Gasteiger partial charge in [-0.2, -0.15) is 0 Å². The van der Waals surface area contributed by atoms with E-state index in [-0.39, 0.29) is 11.4 Å². The highest BCUT2D eigenvalue weighted by atomic mass is 35.5. The highest BCUT2D eigenvalue weighted by Crippen LogP contribution is 2.28. The predicted molar refractivity (Wildman–Crippen MR) is 102 cm³/mol. The second-order valence-corrected chi connectivity index (χ2v) is 8.24. The number of sulfonamides is 1. The molecule has 0 aliphatic carbocycles. The lowest BCUT2D eigenvalue weighted by molar-refractivity contribution is 0.585. The molecule has 0 fully saturated rings. The van der Waals surface area contributed by atoms with Crippen LogP contribution in [0.25, 0.3) is 0 Å². The third-order valence-corrected chi connectivity index (χ3v) is 5.89. The standard InChI is InChI=1S/C20H17ClFNO2S/c1-15-5-2-6-16(11-15)14-23(19-9-3-7-17(21)12-19)26(24,25)20-10-4-8-18(22)13-20/h2-13H,14H2,1H3. The number of halogens is 2. The van der Waals surface area contributed by atoms with Crippen molar-refractivity contribution in [2.45, 2.75) is 18.4 Å². The summed E-state index contributed by atoms with van der Waals surface area (Å²) in [5, 5.41) is 0.422. The molecular formula is C20H17ClFNO2S. The molecule has 3 aromatic carbocycles. The van der Waals surface area contributed by atoms with Crippen molar-refractivity contribution in [2.75, 3.05) is 4.31 Å². The average Bonchev–Trinajstić information content (AvgIpc) is 2.59. The third kappa shape index (κ3) is 4.06. The molecule has 0 aliphatic heterocycles. The van der Waals surface area contributed by atoms with E-state index in [4.69, 9.17) is 11.6 Å². The van der Waals surface area contributed by atoms with Gasteiger partial charge in [0.1, 0.15) is 5.82 Å². The number of benzene rings is 3. The largest absolute Gasteiger partial charge is 0.264 e. The van der Waals surface area contributed by atoms with Gasteiger partial charge >= 0.3 is 0 Å². The molecule has 0 N–H and O–H groups in total. The summed E-state index contributed by atoms with van der Waals surface area (Å²) in [6, 6.07) is 19.2. The van der Waals surface area contributed by atoms with Crippen molar-refractivity contribution in [1.82, 2.24) is 0 Å². The molecule has 0 amide bonds. The van der Waals surface area contributed by atoms with Crippen molar-refractivity contribution in [3.63, 3.8) is 0 Å². The first-order valence-electron chi connectivity index (χ1n) is 7.96. The lowest BCUT2D eigenvalue weighted by atomic mass is 10.1. The van der Waals surface area contributed by atoms with Gasteiger partial charge in [-0.25, -0.2) is 12.8 Å². The van der Waals surface area contributed by atoms with Crippen LogP contribution in [0.4, 0.5) is 10.1 Å². The molecule has 0 saturated heterocycles. The number of hydrogen-bond acceptors (Lipinski definition) is 2. The molecule has 0 bridgehead atoms. The van der Waals surface area contributed by atoms with E-state index in [1.807, 2.05) is 31.2 Å². The van der Waals surface area contributed by atoms with Gasteiger partial charge in [-0.3, -0.25) is 4.31 Å². The van der Waals surface area contributed by atoms with Crippen molar-refractivity contribution >= 4 is 27.3 Å². The van der Waals surface area contributed by atoms with Crippen LogP contribution in [0, 0.1) is 12.7 Å². The smallest absolute Gasteiger partial charge is 0.262 e. The Morgan fingerprint density at radius 1 is 0.962 bits per heavy atom. The summed E-state index contributed by atoms with van der Waals surface area (Å²) in [7, 11) is -3.97. The van der Waals surface area contributed by atoms with Crippen LogP contribution in [0.2, 0.25) is 5.02 Å². The maximum Gasteiger partial charge on any atom is 0.264 e. The first kappa shape index (κ1) is 18.4. The maximum atomic E-state index is 13.6. The third-order valence-electron chi connectivity index (χ3n) is 3.89. The molecule has 3 rings (SSSR count). The zero-order chi connectivity index (χ0) is 18.7. The van der Waals surface area contributed by atoms with Crippen LogP contribution < -0.4 is 4.31 Å². The van der Waals surface area contributed by atoms with Crippen molar-refractivity contribution < 1.29 is 12.8 Å². The fourth-order valence-corrected chi connectivity index (χ4v) is 4.34. The van der Waals surface area contributed by atoms with Gasteiger partial charge in [-0.1, -0.05) is 53.6 Å². The van der Waals surface area contributed by atoms with E-state index in [0.29, 0.717) is 10.7 Å². The monoisotopic (exact) mass is 389 g/mol. The van der Waals surface area contributed by atoms with Gasteiger partial charge in [0.05, 0.1) is 17.1 Å². The zero-order valence-electron chi connectivity index (χ0n) is 14.1. The molecule has 0 heterocycles. The fourth-order valence-electron chi connectivity index (χ4n) is 2.68. The second kappa shape index (κ2) is 7.48. The summed E-state index contributed by atoms with van der Waals surface area (Å²) < 4.78 is 41.2. The van der Waals surface area contributed by atoms with E-state index in [1.54, 1.807) is 24.3 Å². The van der Waals surface area contributed by atoms with Gasteiger partial charge in [0.15, 0.2) is 0 Å². The Kier molecular flexibility index (Phi) is 5.30. The van der Waals surface area contributed by atoms with Crippen molar-refractivity contribution in [2.24, 2.45) is 0 Å². The normalized spacial score (nSPS) is 11.3. The summed E-state index contributed by atoms with van der Waals surface area (Å²) in [4.78, 5) is -0.106. The highest BCUT2D eigenvalue weighted by Gasteiger charge is 2.26. The summed E-state index contributed by atoms with van der Waals surface area (Å²) in [5.41, 5.74) is 2.27. The summed E-state index contributed by atoms with van der Waals surface area (Å²) in [6.07, 6.45) is 0. The molecular weight excluding hydrogens is 373 g/mol. The molecule has 0 aliphatic rings. The Balaban J connectivity index is 2.11. The van der Waals surface area contributed by atoms with Crippen molar-refractivity contribution in [1.29, 1.82) is 0 Å². The van der Waals surface area contributed by atoms with Crippen LogP contribution in [-0.4, -0.2) is 8.42 Å². The molecule has 6 heteroatoms. The summed E-state index contributed by atoms with van der Waals surface area (Å²) >= 11 is 6.06. The highest BCUT2D eigenvalue weighted by molar-refractivity contribution is 7.92. The lowest BCUT2D eigenvalue weighted by Gasteiger charge is -2.25. The Morgan fingerprint density at radius 3 is 2.38 bits per heavy atom. The predicted octanol–water partition coefficient (Wildman–Crippen LogP) is 5.18. The quantitative estimate of drug-likeness (QED) is 0.602. The topological polar surface area (TPSA) is 37.4 Å². The summed E-state index contributed by atoms with van der Waals surface area (Å²) in [6.45, 7) is 2.05. The average molecular weight is 390 g/mol. The van der Waals surface area contributed by atoms with Gasteiger partial charge < -0.3 is 0 Å². The number of nitrogens with zero attached hydrogens (tertiary/aromatic N) is 1. The first-order valence-corrected chi connectivity index (χ1v) is 9.77. The van der Waals surface area contributed by atoms with Crippen LogP contribution in [0.1, 0.15) is 11.1 Å².